The van der Waals surface area contributed by atoms with Crippen molar-refractivity contribution in [3.8, 4) is 11.5 Å². The fraction of sp³-hybridized carbons (Fsp3) is 0.417. The van der Waals surface area contributed by atoms with Gasteiger partial charge in [0.05, 0.1) is 13.2 Å². The van der Waals surface area contributed by atoms with Gasteiger partial charge in [0, 0.05) is 31.1 Å². The SMILES string of the molecule is CCOc1ccc(OCCCC(=O)N2CCC(NC(=O)c3ccccc3)CC2)cc1. The van der Waals surface area contributed by atoms with E-state index in [2.05, 4.69) is 5.32 Å². The van der Waals surface area contributed by atoms with Gasteiger partial charge < -0.3 is 19.7 Å². The van der Waals surface area contributed by atoms with E-state index in [-0.39, 0.29) is 17.9 Å². The summed E-state index contributed by atoms with van der Waals surface area (Å²) >= 11 is 0. The molecular formula is C24H30N2O4. The summed E-state index contributed by atoms with van der Waals surface area (Å²) in [7, 11) is 0. The molecule has 1 aliphatic rings. The van der Waals surface area contributed by atoms with Crippen LogP contribution in [0.15, 0.2) is 54.6 Å². The first-order valence-electron chi connectivity index (χ1n) is 10.6. The second-order valence-electron chi connectivity index (χ2n) is 7.35. The number of ether oxygens (including phenoxy) is 2. The van der Waals surface area contributed by atoms with Crippen LogP contribution >= 0.6 is 0 Å². The Bertz CT molecular complexity index is 800. The Morgan fingerprint density at radius 2 is 1.60 bits per heavy atom. The Hall–Kier alpha value is -3.02. The number of carbonyl (C=O) groups excluding carboxylic acids is 2. The molecule has 0 aliphatic carbocycles. The Kier molecular flexibility index (Phi) is 8.12. The lowest BCUT2D eigenvalue weighted by Crippen LogP contribution is -2.46. The zero-order valence-corrected chi connectivity index (χ0v) is 17.5. The first kappa shape index (κ1) is 21.7. The Morgan fingerprint density at radius 1 is 0.967 bits per heavy atom. The number of benzene rings is 2. The van der Waals surface area contributed by atoms with Crippen LogP contribution in [-0.4, -0.2) is 49.1 Å². The molecule has 1 aliphatic heterocycles. The molecule has 0 radical (unpaired) electrons. The van der Waals surface area contributed by atoms with E-state index >= 15 is 0 Å². The number of nitrogens with zero attached hydrogens (tertiary/aromatic N) is 1. The largest absolute Gasteiger partial charge is 0.494 e. The summed E-state index contributed by atoms with van der Waals surface area (Å²) in [6.45, 7) is 4.45. The lowest BCUT2D eigenvalue weighted by Gasteiger charge is -2.32. The van der Waals surface area contributed by atoms with Crippen LogP contribution in [0.2, 0.25) is 0 Å². The number of nitrogens with one attached hydrogen (secondary N) is 1. The first-order valence-corrected chi connectivity index (χ1v) is 10.6. The molecule has 6 nitrogen and oxygen atoms in total. The van der Waals surface area contributed by atoms with Crippen molar-refractivity contribution >= 4 is 11.8 Å². The van der Waals surface area contributed by atoms with Crippen LogP contribution in [0.1, 0.15) is 43.0 Å². The molecule has 2 amide bonds. The zero-order chi connectivity index (χ0) is 21.2. The van der Waals surface area contributed by atoms with E-state index in [1.54, 1.807) is 0 Å². The van der Waals surface area contributed by atoms with E-state index in [1.807, 2.05) is 66.4 Å². The molecule has 0 saturated carbocycles. The highest BCUT2D eigenvalue weighted by Gasteiger charge is 2.23. The maximum absolute atomic E-state index is 12.4. The normalized spacial score (nSPS) is 14.2. The molecule has 1 N–H and O–H groups in total. The van der Waals surface area contributed by atoms with E-state index in [4.69, 9.17) is 9.47 Å². The third kappa shape index (κ3) is 6.51. The highest BCUT2D eigenvalue weighted by molar-refractivity contribution is 5.94. The van der Waals surface area contributed by atoms with E-state index in [9.17, 15) is 9.59 Å². The molecule has 0 atom stereocenters. The van der Waals surface area contributed by atoms with Gasteiger partial charge in [0.25, 0.3) is 5.91 Å². The second kappa shape index (κ2) is 11.2. The molecule has 0 bridgehead atoms. The van der Waals surface area contributed by atoms with Gasteiger partial charge in [-0.25, -0.2) is 0 Å². The fourth-order valence-corrected chi connectivity index (χ4v) is 3.50. The molecule has 2 aromatic rings. The van der Waals surface area contributed by atoms with Gasteiger partial charge in [0.2, 0.25) is 5.91 Å². The maximum atomic E-state index is 12.4. The fourth-order valence-electron chi connectivity index (χ4n) is 3.50. The number of rotatable bonds is 9. The molecule has 0 spiro atoms. The van der Waals surface area contributed by atoms with Gasteiger partial charge in [-0.1, -0.05) is 18.2 Å². The van der Waals surface area contributed by atoms with Crippen molar-refractivity contribution in [2.45, 2.75) is 38.6 Å². The summed E-state index contributed by atoms with van der Waals surface area (Å²) in [6.07, 6.45) is 2.72. The van der Waals surface area contributed by atoms with E-state index < -0.39 is 0 Å². The third-order valence-electron chi connectivity index (χ3n) is 5.16. The van der Waals surface area contributed by atoms with Gasteiger partial charge in [-0.2, -0.15) is 0 Å². The second-order valence-corrected chi connectivity index (χ2v) is 7.35. The van der Waals surface area contributed by atoms with Crippen molar-refractivity contribution in [2.75, 3.05) is 26.3 Å². The summed E-state index contributed by atoms with van der Waals surface area (Å²) in [5.41, 5.74) is 0.670. The minimum atomic E-state index is -0.0492. The van der Waals surface area contributed by atoms with Gasteiger partial charge in [0.1, 0.15) is 11.5 Å². The van der Waals surface area contributed by atoms with Crippen LogP contribution in [0.3, 0.4) is 0 Å². The van der Waals surface area contributed by atoms with E-state index in [1.165, 1.54) is 0 Å². The smallest absolute Gasteiger partial charge is 0.251 e. The molecule has 3 rings (SSSR count). The van der Waals surface area contributed by atoms with Crippen LogP contribution in [0.5, 0.6) is 11.5 Å². The van der Waals surface area contributed by atoms with Crippen LogP contribution in [0.4, 0.5) is 0 Å². The molecule has 1 saturated heterocycles. The molecule has 1 fully saturated rings. The Balaban J connectivity index is 1.32. The van der Waals surface area contributed by atoms with Gasteiger partial charge in [-0.05, 0) is 62.6 Å². The Labute approximate surface area is 178 Å². The predicted octanol–water partition coefficient (Wildman–Crippen LogP) is 3.67. The molecule has 6 heteroatoms. The molecule has 0 unspecified atom stereocenters. The standard InChI is InChI=1S/C24H30N2O4/c1-2-29-21-10-12-22(13-11-21)30-18-6-9-23(27)26-16-14-20(15-17-26)25-24(28)19-7-4-3-5-8-19/h3-5,7-8,10-13,20H,2,6,9,14-18H2,1H3,(H,25,28). The van der Waals surface area contributed by atoms with Crippen LogP contribution in [0, 0.1) is 0 Å². The molecule has 2 aromatic carbocycles. The van der Waals surface area contributed by atoms with Crippen LogP contribution in [0.25, 0.3) is 0 Å². The summed E-state index contributed by atoms with van der Waals surface area (Å²) < 4.78 is 11.1. The summed E-state index contributed by atoms with van der Waals surface area (Å²) in [5.74, 6) is 1.70. The zero-order valence-electron chi connectivity index (χ0n) is 17.5. The van der Waals surface area contributed by atoms with E-state index in [0.29, 0.717) is 44.7 Å². The maximum Gasteiger partial charge on any atom is 0.251 e. The van der Waals surface area contributed by atoms with Crippen molar-refractivity contribution < 1.29 is 19.1 Å². The predicted molar refractivity (Wildman–Crippen MR) is 116 cm³/mol. The third-order valence-corrected chi connectivity index (χ3v) is 5.16. The minimum Gasteiger partial charge on any atom is -0.494 e. The lowest BCUT2D eigenvalue weighted by atomic mass is 10.0. The molecular weight excluding hydrogens is 380 g/mol. The summed E-state index contributed by atoms with van der Waals surface area (Å²) in [6, 6.07) is 16.9. The van der Waals surface area contributed by atoms with Gasteiger partial charge >= 0.3 is 0 Å². The molecule has 0 aromatic heterocycles. The average molecular weight is 411 g/mol. The quantitative estimate of drug-likeness (QED) is 0.641. The topological polar surface area (TPSA) is 67.9 Å². The number of carbonyl (C=O) groups is 2. The minimum absolute atomic E-state index is 0.0492. The van der Waals surface area contributed by atoms with Crippen molar-refractivity contribution in [1.29, 1.82) is 0 Å². The highest BCUT2D eigenvalue weighted by atomic mass is 16.5. The monoisotopic (exact) mass is 410 g/mol. The van der Waals surface area contributed by atoms with Crippen LogP contribution in [-0.2, 0) is 4.79 Å². The van der Waals surface area contributed by atoms with Gasteiger partial charge in [-0.15, -0.1) is 0 Å². The van der Waals surface area contributed by atoms with Crippen molar-refractivity contribution in [2.24, 2.45) is 0 Å². The number of piperidine rings is 1. The number of hydrogen-bond donors (Lipinski definition) is 1. The number of hydrogen-bond acceptors (Lipinski definition) is 4. The summed E-state index contributed by atoms with van der Waals surface area (Å²) in [5, 5.41) is 3.07. The lowest BCUT2D eigenvalue weighted by molar-refractivity contribution is -0.132. The van der Waals surface area contributed by atoms with Gasteiger partial charge in [-0.3, -0.25) is 9.59 Å². The molecule has 160 valence electrons. The van der Waals surface area contributed by atoms with Crippen LogP contribution < -0.4 is 14.8 Å². The van der Waals surface area contributed by atoms with Crippen molar-refractivity contribution in [3.63, 3.8) is 0 Å². The average Bonchev–Trinajstić information content (AvgIpc) is 2.79. The number of amides is 2. The van der Waals surface area contributed by atoms with Crippen molar-refractivity contribution in [1.82, 2.24) is 10.2 Å². The summed E-state index contributed by atoms with van der Waals surface area (Å²) in [4.78, 5) is 26.6. The van der Waals surface area contributed by atoms with Crippen molar-refractivity contribution in [3.05, 3.63) is 60.2 Å². The first-order chi connectivity index (χ1) is 14.7. The Morgan fingerprint density at radius 3 is 2.23 bits per heavy atom. The van der Waals surface area contributed by atoms with Gasteiger partial charge in [0.15, 0.2) is 0 Å². The van der Waals surface area contributed by atoms with E-state index in [0.717, 1.165) is 24.3 Å². The molecule has 1 heterocycles. The number of likely N-dealkylation sites (tertiary alicyclic amines) is 1. The molecule has 30 heavy (non-hydrogen) atoms. The highest BCUT2D eigenvalue weighted by Crippen LogP contribution is 2.18.